The molecule has 1 fully saturated rings. The number of aromatic nitrogens is 1. The molecule has 2 aliphatic heterocycles. The number of piperazine rings is 1. The number of hydrogen-bond acceptors (Lipinski definition) is 5. The van der Waals surface area contributed by atoms with Crippen molar-refractivity contribution in [3.63, 3.8) is 0 Å². The molecule has 2 aromatic carbocycles. The number of nitrogens with zero attached hydrogens (tertiary/aromatic N) is 4. The second-order valence-electron chi connectivity index (χ2n) is 8.44. The van der Waals surface area contributed by atoms with Gasteiger partial charge >= 0.3 is 0 Å². The van der Waals surface area contributed by atoms with Crippen LogP contribution in [0.15, 0.2) is 82.7 Å². The van der Waals surface area contributed by atoms with Gasteiger partial charge < -0.3 is 9.80 Å². The third-order valence-electron chi connectivity index (χ3n) is 6.11. The number of thioether (sulfide) groups is 1. The molecule has 0 aliphatic carbocycles. The van der Waals surface area contributed by atoms with Gasteiger partial charge in [-0.05, 0) is 42.8 Å². The van der Waals surface area contributed by atoms with Crippen molar-refractivity contribution < 1.29 is 9.59 Å². The van der Waals surface area contributed by atoms with Crippen LogP contribution in [0.1, 0.15) is 11.1 Å². The number of carbonyl (C=O) groups is 2. The zero-order valence-corrected chi connectivity index (χ0v) is 19.9. The van der Waals surface area contributed by atoms with E-state index < -0.39 is 0 Å². The highest BCUT2D eigenvalue weighted by atomic mass is 32.2. The van der Waals surface area contributed by atoms with Gasteiger partial charge in [0.1, 0.15) is 12.4 Å². The molecular formula is C27H26N4O2S. The van der Waals surface area contributed by atoms with Gasteiger partial charge in [0.15, 0.2) is 0 Å². The number of fused-ring (bicyclic) bond motifs is 1. The third kappa shape index (κ3) is 4.70. The maximum atomic E-state index is 13.5. The smallest absolute Gasteiger partial charge is 0.265 e. The van der Waals surface area contributed by atoms with Gasteiger partial charge in [0, 0.05) is 37.3 Å². The number of para-hydroxylation sites is 1. The lowest BCUT2D eigenvalue weighted by molar-refractivity contribution is -0.131. The molecule has 6 nitrogen and oxygen atoms in total. The fourth-order valence-corrected chi connectivity index (χ4v) is 5.25. The Bertz CT molecular complexity index is 1220. The molecule has 0 saturated carbocycles. The summed E-state index contributed by atoms with van der Waals surface area (Å²) in [6.07, 6.45) is 3.69. The van der Waals surface area contributed by atoms with Crippen LogP contribution >= 0.6 is 11.8 Å². The summed E-state index contributed by atoms with van der Waals surface area (Å²) >= 11 is 1.46. The fourth-order valence-electron chi connectivity index (χ4n) is 4.19. The third-order valence-corrected chi connectivity index (χ3v) is 7.18. The van der Waals surface area contributed by atoms with E-state index >= 15 is 0 Å². The Morgan fingerprint density at radius 3 is 2.44 bits per heavy atom. The molecule has 0 unspecified atom stereocenters. The zero-order chi connectivity index (χ0) is 23.5. The van der Waals surface area contributed by atoms with E-state index in [-0.39, 0.29) is 18.4 Å². The molecule has 0 N–H and O–H groups in total. The summed E-state index contributed by atoms with van der Waals surface area (Å²) in [4.78, 5) is 38.4. The van der Waals surface area contributed by atoms with Gasteiger partial charge in [-0.1, -0.05) is 59.8 Å². The molecule has 3 heterocycles. The predicted molar refractivity (Wildman–Crippen MR) is 137 cm³/mol. The molecule has 2 amide bonds. The highest BCUT2D eigenvalue weighted by Crippen LogP contribution is 2.42. The summed E-state index contributed by atoms with van der Waals surface area (Å²) < 4.78 is 0. The van der Waals surface area contributed by atoms with Crippen molar-refractivity contribution in [2.45, 2.75) is 11.8 Å². The Hall–Kier alpha value is -3.58. The molecule has 0 radical (unpaired) electrons. The fraction of sp³-hybridized carbons (Fsp3) is 0.222. The van der Waals surface area contributed by atoms with Gasteiger partial charge in [-0.15, -0.1) is 0 Å². The van der Waals surface area contributed by atoms with Crippen LogP contribution in [0.25, 0.3) is 6.08 Å². The number of pyridine rings is 1. The van der Waals surface area contributed by atoms with E-state index in [4.69, 9.17) is 0 Å². The average Bonchev–Trinajstić information content (AvgIpc) is 2.88. The molecule has 0 spiro atoms. The van der Waals surface area contributed by atoms with Gasteiger partial charge in [-0.25, -0.2) is 4.98 Å². The van der Waals surface area contributed by atoms with Crippen molar-refractivity contribution in [2.75, 3.05) is 42.5 Å². The van der Waals surface area contributed by atoms with Crippen LogP contribution in [-0.2, 0) is 9.59 Å². The minimum absolute atomic E-state index is 0.0330. The van der Waals surface area contributed by atoms with E-state index in [9.17, 15) is 9.59 Å². The first-order chi connectivity index (χ1) is 16.6. The second-order valence-corrected chi connectivity index (χ2v) is 9.52. The van der Waals surface area contributed by atoms with Crippen molar-refractivity contribution in [2.24, 2.45) is 0 Å². The molecule has 5 rings (SSSR count). The number of rotatable bonds is 4. The first-order valence-electron chi connectivity index (χ1n) is 11.4. The van der Waals surface area contributed by atoms with Crippen molar-refractivity contribution in [1.82, 2.24) is 9.88 Å². The molecule has 7 heteroatoms. The lowest BCUT2D eigenvalue weighted by Crippen LogP contribution is -2.52. The lowest BCUT2D eigenvalue weighted by atomic mass is 10.1. The Morgan fingerprint density at radius 2 is 1.71 bits per heavy atom. The highest BCUT2D eigenvalue weighted by molar-refractivity contribution is 8.04. The monoisotopic (exact) mass is 470 g/mol. The van der Waals surface area contributed by atoms with Crippen molar-refractivity contribution in [3.05, 3.63) is 89.0 Å². The quantitative estimate of drug-likeness (QED) is 0.535. The maximum absolute atomic E-state index is 13.5. The van der Waals surface area contributed by atoms with Gasteiger partial charge in [-0.3, -0.25) is 14.5 Å². The van der Waals surface area contributed by atoms with E-state index in [0.717, 1.165) is 35.1 Å². The van der Waals surface area contributed by atoms with E-state index in [1.54, 1.807) is 11.1 Å². The van der Waals surface area contributed by atoms with Crippen LogP contribution in [0.2, 0.25) is 0 Å². The van der Waals surface area contributed by atoms with Gasteiger partial charge in [0.25, 0.3) is 5.91 Å². The molecule has 1 aromatic heterocycles. The molecule has 2 aliphatic rings. The molecule has 0 bridgehead atoms. The van der Waals surface area contributed by atoms with Gasteiger partial charge in [0.2, 0.25) is 5.91 Å². The number of aryl methyl sites for hydroxylation is 1. The Kier molecular flexibility index (Phi) is 6.36. The number of amides is 2. The largest absolute Gasteiger partial charge is 0.353 e. The number of anilines is 2. The second kappa shape index (κ2) is 9.73. The predicted octanol–water partition coefficient (Wildman–Crippen LogP) is 4.22. The molecule has 1 saturated heterocycles. The van der Waals surface area contributed by atoms with E-state index in [2.05, 4.69) is 9.88 Å². The van der Waals surface area contributed by atoms with E-state index in [0.29, 0.717) is 18.0 Å². The first-order valence-corrected chi connectivity index (χ1v) is 12.2. The zero-order valence-electron chi connectivity index (χ0n) is 19.1. The Morgan fingerprint density at radius 1 is 0.971 bits per heavy atom. The van der Waals surface area contributed by atoms with Gasteiger partial charge in [-0.2, -0.15) is 0 Å². The van der Waals surface area contributed by atoms with Crippen molar-refractivity contribution in [3.8, 4) is 0 Å². The average molecular weight is 471 g/mol. The molecule has 172 valence electrons. The minimum Gasteiger partial charge on any atom is -0.353 e. The van der Waals surface area contributed by atoms with E-state index in [1.807, 2.05) is 84.6 Å². The maximum Gasteiger partial charge on any atom is 0.265 e. The number of benzene rings is 2. The van der Waals surface area contributed by atoms with Gasteiger partial charge in [0.05, 0.1) is 10.6 Å². The Balaban J connectivity index is 1.32. The molecule has 0 atom stereocenters. The first kappa shape index (κ1) is 22.2. The SMILES string of the molecule is Cc1ccc(C=C2Sc3ccccc3N(CC(=O)N3CCN(c4ccccn4)CC3)C2=O)cc1. The van der Waals surface area contributed by atoms with Crippen LogP contribution in [0, 0.1) is 6.92 Å². The number of hydrogen-bond donors (Lipinski definition) is 0. The number of carbonyl (C=O) groups excluding carboxylic acids is 2. The summed E-state index contributed by atoms with van der Waals surface area (Å²) in [6.45, 7) is 4.74. The summed E-state index contributed by atoms with van der Waals surface area (Å²) in [5.74, 6) is 0.757. The van der Waals surface area contributed by atoms with Crippen LogP contribution < -0.4 is 9.80 Å². The molecular weight excluding hydrogens is 444 g/mol. The minimum atomic E-state index is -0.134. The Labute approximate surface area is 203 Å². The summed E-state index contributed by atoms with van der Waals surface area (Å²) in [5, 5.41) is 0. The summed E-state index contributed by atoms with van der Waals surface area (Å²) in [7, 11) is 0. The van der Waals surface area contributed by atoms with Crippen LogP contribution in [-0.4, -0.2) is 54.4 Å². The standard InChI is InChI=1S/C27H26N4O2S/c1-20-9-11-21(12-10-20)18-24-27(33)31(22-6-2-3-7-23(22)34-24)19-26(32)30-16-14-29(15-17-30)25-8-4-5-13-28-25/h2-13,18H,14-17,19H2,1H3. The highest BCUT2D eigenvalue weighted by Gasteiger charge is 2.32. The van der Waals surface area contributed by atoms with Crippen molar-refractivity contribution in [1.29, 1.82) is 0 Å². The summed E-state index contributed by atoms with van der Waals surface area (Å²) in [6, 6.07) is 21.7. The molecule has 34 heavy (non-hydrogen) atoms. The van der Waals surface area contributed by atoms with Crippen LogP contribution in [0.4, 0.5) is 11.5 Å². The normalized spacial score (nSPS) is 17.1. The topological polar surface area (TPSA) is 56.8 Å². The summed E-state index contributed by atoms with van der Waals surface area (Å²) in [5.41, 5.74) is 2.93. The lowest BCUT2D eigenvalue weighted by Gasteiger charge is -2.37. The molecule has 3 aromatic rings. The van der Waals surface area contributed by atoms with Crippen LogP contribution in [0.3, 0.4) is 0 Å². The van der Waals surface area contributed by atoms with Crippen molar-refractivity contribution >= 4 is 41.2 Å². The van der Waals surface area contributed by atoms with E-state index in [1.165, 1.54) is 17.3 Å². The van der Waals surface area contributed by atoms with Crippen LogP contribution in [0.5, 0.6) is 0 Å².